The van der Waals surface area contributed by atoms with E-state index in [1.807, 2.05) is 13.0 Å². The summed E-state index contributed by atoms with van der Waals surface area (Å²) in [4.78, 5) is 6.98. The van der Waals surface area contributed by atoms with Crippen LogP contribution in [0.2, 0.25) is 0 Å². The molecule has 1 aromatic rings. The van der Waals surface area contributed by atoms with Crippen LogP contribution in [0.4, 0.5) is 4.39 Å². The predicted molar refractivity (Wildman–Crippen MR) is 88.7 cm³/mol. The standard InChI is InChI=1S/C17H25FN4/c1-4-10-22(11-5-2)17(14-6-8-15(18)9-7-14)20-13(3)12-16(19)21-17/h6-9,12,20H,4-5,10-11H2,1-3H3,(H2,19,21). The van der Waals surface area contributed by atoms with Crippen LogP contribution >= 0.6 is 0 Å². The normalized spacial score (nSPS) is 21.3. The van der Waals surface area contributed by atoms with Gasteiger partial charge in [-0.3, -0.25) is 4.90 Å². The Morgan fingerprint density at radius 1 is 1.18 bits per heavy atom. The lowest BCUT2D eigenvalue weighted by molar-refractivity contribution is 0.0662. The van der Waals surface area contributed by atoms with Crippen molar-refractivity contribution in [2.45, 2.75) is 39.4 Å². The third-order valence-electron chi connectivity index (χ3n) is 3.72. The van der Waals surface area contributed by atoms with Crippen molar-refractivity contribution in [3.63, 3.8) is 0 Å². The molecule has 0 saturated carbocycles. The summed E-state index contributed by atoms with van der Waals surface area (Å²) in [5.41, 5.74) is 7.88. The van der Waals surface area contributed by atoms with E-state index in [1.165, 1.54) is 12.1 Å². The van der Waals surface area contributed by atoms with Gasteiger partial charge in [0.1, 0.15) is 11.7 Å². The highest BCUT2D eigenvalue weighted by Gasteiger charge is 2.39. The molecule has 1 unspecified atom stereocenters. The summed E-state index contributed by atoms with van der Waals surface area (Å²) in [6.45, 7) is 8.00. The number of rotatable bonds is 6. The molecule has 0 spiro atoms. The lowest BCUT2D eigenvalue weighted by Crippen LogP contribution is -2.57. The first kappa shape index (κ1) is 16.5. The van der Waals surface area contributed by atoms with Gasteiger partial charge in [-0.25, -0.2) is 9.38 Å². The first-order chi connectivity index (χ1) is 10.5. The number of aliphatic imine (C=N–C) groups is 1. The third-order valence-corrected chi connectivity index (χ3v) is 3.72. The molecule has 0 aliphatic carbocycles. The van der Waals surface area contributed by atoms with Crippen molar-refractivity contribution in [3.8, 4) is 0 Å². The summed E-state index contributed by atoms with van der Waals surface area (Å²) in [5, 5.41) is 3.46. The van der Waals surface area contributed by atoms with Crippen LogP contribution in [0.5, 0.6) is 0 Å². The average molecular weight is 304 g/mol. The van der Waals surface area contributed by atoms with Crippen molar-refractivity contribution in [2.24, 2.45) is 10.7 Å². The van der Waals surface area contributed by atoms with Crippen molar-refractivity contribution in [1.29, 1.82) is 0 Å². The van der Waals surface area contributed by atoms with Crippen molar-refractivity contribution in [2.75, 3.05) is 13.1 Å². The Morgan fingerprint density at radius 2 is 1.77 bits per heavy atom. The Bertz CT molecular complexity index is 559. The van der Waals surface area contributed by atoms with Crippen LogP contribution in [0, 0.1) is 5.82 Å². The van der Waals surface area contributed by atoms with Crippen LogP contribution in [0.15, 0.2) is 41.0 Å². The highest BCUT2D eigenvalue weighted by atomic mass is 19.1. The SMILES string of the molecule is CCCN(CCC)C1(c2ccc(F)cc2)N=C(N)C=C(C)N1. The molecule has 1 aromatic carbocycles. The number of halogens is 1. The molecule has 5 heteroatoms. The minimum Gasteiger partial charge on any atom is -0.384 e. The first-order valence-electron chi connectivity index (χ1n) is 7.84. The van der Waals surface area contributed by atoms with Gasteiger partial charge in [0.25, 0.3) is 0 Å². The maximum Gasteiger partial charge on any atom is 0.216 e. The maximum atomic E-state index is 13.3. The van der Waals surface area contributed by atoms with E-state index in [0.29, 0.717) is 5.84 Å². The second-order valence-electron chi connectivity index (χ2n) is 5.66. The number of allylic oxidation sites excluding steroid dienone is 1. The van der Waals surface area contributed by atoms with E-state index in [0.717, 1.165) is 37.2 Å². The number of benzene rings is 1. The fourth-order valence-corrected chi connectivity index (χ4v) is 2.91. The van der Waals surface area contributed by atoms with E-state index in [2.05, 4.69) is 24.1 Å². The van der Waals surface area contributed by atoms with E-state index >= 15 is 0 Å². The average Bonchev–Trinajstić information content (AvgIpc) is 2.46. The molecule has 1 atom stereocenters. The zero-order chi connectivity index (χ0) is 16.2. The molecule has 3 N–H and O–H groups in total. The van der Waals surface area contributed by atoms with E-state index in [1.54, 1.807) is 12.1 Å². The molecule has 2 rings (SSSR count). The summed E-state index contributed by atoms with van der Waals surface area (Å²) >= 11 is 0. The lowest BCUT2D eigenvalue weighted by Gasteiger charge is -2.44. The van der Waals surface area contributed by atoms with Gasteiger partial charge in [-0.15, -0.1) is 0 Å². The van der Waals surface area contributed by atoms with Gasteiger partial charge in [0.15, 0.2) is 0 Å². The molecule has 0 aromatic heterocycles. The topological polar surface area (TPSA) is 53.6 Å². The fourth-order valence-electron chi connectivity index (χ4n) is 2.91. The Labute approximate surface area is 131 Å². The van der Waals surface area contributed by atoms with Crippen LogP contribution in [0.25, 0.3) is 0 Å². The maximum absolute atomic E-state index is 13.3. The zero-order valence-corrected chi connectivity index (χ0v) is 13.6. The number of amidine groups is 1. The van der Waals surface area contributed by atoms with Crippen LogP contribution in [-0.2, 0) is 5.79 Å². The van der Waals surface area contributed by atoms with Gasteiger partial charge in [0.05, 0.1) is 0 Å². The van der Waals surface area contributed by atoms with E-state index in [-0.39, 0.29) is 5.82 Å². The van der Waals surface area contributed by atoms with Crippen molar-refractivity contribution in [1.82, 2.24) is 10.2 Å². The number of nitrogens with one attached hydrogen (secondary N) is 1. The molecule has 0 radical (unpaired) electrons. The molecule has 120 valence electrons. The monoisotopic (exact) mass is 304 g/mol. The van der Waals surface area contributed by atoms with Gasteiger partial charge in [0, 0.05) is 24.4 Å². The minimum absolute atomic E-state index is 0.253. The molecule has 0 saturated heterocycles. The van der Waals surface area contributed by atoms with Gasteiger partial charge in [-0.2, -0.15) is 0 Å². The van der Waals surface area contributed by atoms with Gasteiger partial charge >= 0.3 is 0 Å². The van der Waals surface area contributed by atoms with Crippen LogP contribution in [0.1, 0.15) is 39.2 Å². The number of hydrogen-bond acceptors (Lipinski definition) is 4. The third kappa shape index (κ3) is 3.30. The summed E-state index contributed by atoms with van der Waals surface area (Å²) in [5.74, 6) is -0.530. The van der Waals surface area contributed by atoms with Crippen molar-refractivity contribution < 1.29 is 4.39 Å². The highest BCUT2D eigenvalue weighted by molar-refractivity contribution is 5.93. The minimum atomic E-state index is -0.761. The van der Waals surface area contributed by atoms with Gasteiger partial charge in [-0.05, 0) is 38.0 Å². The summed E-state index contributed by atoms with van der Waals surface area (Å²) in [6.07, 6.45) is 3.82. The molecule has 1 heterocycles. The predicted octanol–water partition coefficient (Wildman–Crippen LogP) is 2.92. The zero-order valence-electron chi connectivity index (χ0n) is 13.6. The van der Waals surface area contributed by atoms with E-state index < -0.39 is 5.79 Å². The van der Waals surface area contributed by atoms with E-state index in [9.17, 15) is 4.39 Å². The molecule has 4 nitrogen and oxygen atoms in total. The summed E-state index contributed by atoms with van der Waals surface area (Å²) < 4.78 is 13.3. The number of nitrogens with two attached hydrogens (primary N) is 1. The largest absolute Gasteiger partial charge is 0.384 e. The smallest absolute Gasteiger partial charge is 0.216 e. The molecule has 1 aliphatic rings. The van der Waals surface area contributed by atoms with Gasteiger partial charge in [0.2, 0.25) is 5.79 Å². The Hall–Kier alpha value is -1.88. The van der Waals surface area contributed by atoms with Crippen LogP contribution < -0.4 is 11.1 Å². The first-order valence-corrected chi connectivity index (χ1v) is 7.84. The molecule has 0 bridgehead atoms. The van der Waals surface area contributed by atoms with Crippen molar-refractivity contribution >= 4 is 5.84 Å². The summed E-state index contributed by atoms with van der Waals surface area (Å²) in [6, 6.07) is 6.48. The Morgan fingerprint density at radius 3 is 2.27 bits per heavy atom. The lowest BCUT2D eigenvalue weighted by atomic mass is 10.0. The fraction of sp³-hybridized carbons (Fsp3) is 0.471. The highest BCUT2D eigenvalue weighted by Crippen LogP contribution is 2.31. The molecule has 1 aliphatic heterocycles. The molecule has 0 fully saturated rings. The quantitative estimate of drug-likeness (QED) is 0.849. The molecular weight excluding hydrogens is 279 g/mol. The Balaban J connectivity index is 2.53. The van der Waals surface area contributed by atoms with Crippen LogP contribution in [0.3, 0.4) is 0 Å². The number of hydrogen-bond donors (Lipinski definition) is 2. The molecular formula is C17H25FN4. The second-order valence-corrected chi connectivity index (χ2v) is 5.66. The molecule has 22 heavy (non-hydrogen) atoms. The van der Waals surface area contributed by atoms with Crippen LogP contribution in [-0.4, -0.2) is 23.8 Å². The number of nitrogens with zero attached hydrogens (tertiary/aromatic N) is 2. The molecule has 0 amide bonds. The van der Waals surface area contributed by atoms with Gasteiger partial charge < -0.3 is 11.1 Å². The summed E-state index contributed by atoms with van der Waals surface area (Å²) in [7, 11) is 0. The second kappa shape index (κ2) is 6.92. The van der Waals surface area contributed by atoms with Crippen molar-refractivity contribution in [3.05, 3.63) is 47.4 Å². The van der Waals surface area contributed by atoms with E-state index in [4.69, 9.17) is 10.7 Å². The Kier molecular flexibility index (Phi) is 5.19. The van der Waals surface area contributed by atoms with Gasteiger partial charge in [-0.1, -0.05) is 26.0 Å².